The van der Waals surface area contributed by atoms with Gasteiger partial charge in [-0.1, -0.05) is 0 Å². The van der Waals surface area contributed by atoms with Gasteiger partial charge in [-0.15, -0.1) is 0 Å². The Labute approximate surface area is 145 Å². The van der Waals surface area contributed by atoms with E-state index >= 15 is 0 Å². The Bertz CT molecular complexity index is 438. The molecule has 0 aliphatic carbocycles. The van der Waals surface area contributed by atoms with Crippen molar-refractivity contribution in [2.24, 2.45) is 0 Å². The van der Waals surface area contributed by atoms with Crippen molar-refractivity contribution in [3.05, 3.63) is 0 Å². The molecule has 2 heterocycles. The highest BCUT2D eigenvalue weighted by Crippen LogP contribution is 2.23. The van der Waals surface area contributed by atoms with Gasteiger partial charge < -0.3 is 19.4 Å². The van der Waals surface area contributed by atoms with E-state index in [1.807, 2.05) is 11.9 Å². The smallest absolute Gasteiger partial charge is 0.319 e. The van der Waals surface area contributed by atoms with Gasteiger partial charge in [-0.2, -0.15) is 0 Å². The molecule has 1 atom stereocenters. The van der Waals surface area contributed by atoms with E-state index < -0.39 is 0 Å². The Morgan fingerprint density at radius 2 is 1.71 bits per heavy atom. The molecule has 24 heavy (non-hydrogen) atoms. The zero-order valence-electron chi connectivity index (χ0n) is 15.5. The predicted molar refractivity (Wildman–Crippen MR) is 92.9 cm³/mol. The van der Waals surface area contributed by atoms with Crippen molar-refractivity contribution in [1.82, 2.24) is 19.6 Å². The Morgan fingerprint density at radius 3 is 2.29 bits per heavy atom. The number of carbonyl (C=O) groups excluding carboxylic acids is 2. The van der Waals surface area contributed by atoms with E-state index in [1.165, 1.54) is 0 Å². The van der Waals surface area contributed by atoms with Gasteiger partial charge in [-0.05, 0) is 19.3 Å². The van der Waals surface area contributed by atoms with Crippen LogP contribution in [0.3, 0.4) is 0 Å². The van der Waals surface area contributed by atoms with Crippen LogP contribution in [0.2, 0.25) is 0 Å². The van der Waals surface area contributed by atoms with Crippen molar-refractivity contribution in [3.63, 3.8) is 0 Å². The van der Waals surface area contributed by atoms with Gasteiger partial charge in [0.25, 0.3) is 0 Å². The minimum Gasteiger partial charge on any atom is -0.381 e. The van der Waals surface area contributed by atoms with Crippen LogP contribution < -0.4 is 0 Å². The molecule has 0 bridgehead atoms. The predicted octanol–water partition coefficient (Wildman–Crippen LogP) is 0.702. The molecule has 0 aromatic heterocycles. The number of ether oxygens (including phenoxy) is 1. The summed E-state index contributed by atoms with van der Waals surface area (Å²) in [5, 5.41) is 0. The maximum Gasteiger partial charge on any atom is 0.319 e. The van der Waals surface area contributed by atoms with Crippen LogP contribution >= 0.6 is 0 Å². The number of hydrogen-bond donors (Lipinski definition) is 0. The second-order valence-corrected chi connectivity index (χ2v) is 7.09. The first-order valence-corrected chi connectivity index (χ1v) is 8.91. The molecule has 0 aromatic carbocycles. The van der Waals surface area contributed by atoms with Crippen molar-refractivity contribution in [1.29, 1.82) is 0 Å². The van der Waals surface area contributed by atoms with Crippen molar-refractivity contribution < 1.29 is 14.3 Å². The summed E-state index contributed by atoms with van der Waals surface area (Å²) in [7, 11) is 5.45. The molecular weight excluding hydrogens is 308 g/mol. The third-order valence-electron chi connectivity index (χ3n) is 5.18. The summed E-state index contributed by atoms with van der Waals surface area (Å²) in [6.07, 6.45) is 3.06. The topological polar surface area (TPSA) is 56.3 Å². The number of likely N-dealkylation sites (tertiary alicyclic amines) is 1. The van der Waals surface area contributed by atoms with E-state index in [4.69, 9.17) is 4.74 Å². The molecule has 0 saturated carbocycles. The molecule has 0 aromatic rings. The molecule has 2 rings (SSSR count). The van der Waals surface area contributed by atoms with Crippen molar-refractivity contribution in [2.45, 2.75) is 38.3 Å². The summed E-state index contributed by atoms with van der Waals surface area (Å²) in [6.45, 7) is 6.38. The van der Waals surface area contributed by atoms with E-state index in [2.05, 4.69) is 4.90 Å². The van der Waals surface area contributed by atoms with Crippen LogP contribution in [0.5, 0.6) is 0 Å². The molecule has 0 radical (unpaired) electrons. The average molecular weight is 340 g/mol. The second kappa shape index (κ2) is 8.67. The Balaban J connectivity index is 1.99. The van der Waals surface area contributed by atoms with Crippen LogP contribution in [0.1, 0.15) is 26.2 Å². The fraction of sp³-hybridized carbons (Fsp3) is 0.882. The molecule has 7 heteroatoms. The largest absolute Gasteiger partial charge is 0.381 e. The van der Waals surface area contributed by atoms with Crippen LogP contribution in [0.4, 0.5) is 4.79 Å². The standard InChI is InChI=1S/C17H32N4O3/c1-14(22)19(4)9-10-21(15-6-11-24-12-7-15)16-5-8-20(13-16)17(23)18(2)3/h15-16H,5-13H2,1-4H3. The Kier molecular flexibility index (Phi) is 6.86. The van der Waals surface area contributed by atoms with E-state index in [0.29, 0.717) is 12.1 Å². The second-order valence-electron chi connectivity index (χ2n) is 7.09. The first kappa shape index (κ1) is 19.0. The van der Waals surface area contributed by atoms with Crippen LogP contribution in [-0.2, 0) is 9.53 Å². The molecule has 2 fully saturated rings. The monoisotopic (exact) mass is 340 g/mol. The molecule has 3 amide bonds. The Hall–Kier alpha value is -1.34. The van der Waals surface area contributed by atoms with Gasteiger partial charge >= 0.3 is 6.03 Å². The highest BCUT2D eigenvalue weighted by molar-refractivity contribution is 5.74. The van der Waals surface area contributed by atoms with Crippen LogP contribution in [0.25, 0.3) is 0 Å². The average Bonchev–Trinajstić information content (AvgIpc) is 3.04. The molecule has 2 aliphatic heterocycles. The minimum absolute atomic E-state index is 0.0882. The zero-order valence-corrected chi connectivity index (χ0v) is 15.5. The summed E-state index contributed by atoms with van der Waals surface area (Å²) >= 11 is 0. The minimum atomic E-state index is 0.0882. The number of amides is 3. The van der Waals surface area contributed by atoms with Gasteiger partial charge in [0, 0.05) is 79.5 Å². The first-order valence-electron chi connectivity index (χ1n) is 8.91. The van der Waals surface area contributed by atoms with Gasteiger partial charge in [0.05, 0.1) is 0 Å². The van der Waals surface area contributed by atoms with Gasteiger partial charge in [-0.3, -0.25) is 9.69 Å². The summed E-state index contributed by atoms with van der Waals surface area (Å²) in [6, 6.07) is 0.946. The lowest BCUT2D eigenvalue weighted by Crippen LogP contribution is -2.50. The highest BCUT2D eigenvalue weighted by atomic mass is 16.5. The van der Waals surface area contributed by atoms with Crippen molar-refractivity contribution >= 4 is 11.9 Å². The van der Waals surface area contributed by atoms with Crippen LogP contribution in [0, 0.1) is 0 Å². The van der Waals surface area contributed by atoms with Gasteiger partial charge in [0.1, 0.15) is 0 Å². The number of nitrogens with zero attached hydrogens (tertiary/aromatic N) is 4. The fourth-order valence-electron chi connectivity index (χ4n) is 3.57. The number of hydrogen-bond acceptors (Lipinski definition) is 4. The maximum atomic E-state index is 12.2. The summed E-state index contributed by atoms with van der Waals surface area (Å²) in [5.74, 6) is 0.0951. The molecule has 2 saturated heterocycles. The van der Waals surface area contributed by atoms with Crippen molar-refractivity contribution in [2.75, 3.05) is 60.5 Å². The number of likely N-dealkylation sites (N-methyl/N-ethyl adjacent to an activating group) is 1. The molecule has 1 unspecified atom stereocenters. The maximum absolute atomic E-state index is 12.2. The summed E-state index contributed by atoms with van der Waals surface area (Å²) in [4.78, 5) is 31.6. The van der Waals surface area contributed by atoms with Crippen molar-refractivity contribution in [3.8, 4) is 0 Å². The lowest BCUT2D eigenvalue weighted by atomic mass is 10.0. The fourth-order valence-corrected chi connectivity index (χ4v) is 3.57. The lowest BCUT2D eigenvalue weighted by Gasteiger charge is -2.39. The van der Waals surface area contributed by atoms with Crippen LogP contribution in [-0.4, -0.2) is 104 Å². The SMILES string of the molecule is CC(=O)N(C)CCN(C1CCOCC1)C1CCN(C(=O)N(C)C)C1. The van der Waals surface area contributed by atoms with E-state index in [0.717, 1.165) is 58.7 Å². The first-order chi connectivity index (χ1) is 11.4. The normalized spacial score (nSPS) is 22.0. The Morgan fingerprint density at radius 1 is 1.04 bits per heavy atom. The van der Waals surface area contributed by atoms with E-state index in [1.54, 1.807) is 30.8 Å². The quantitative estimate of drug-likeness (QED) is 0.739. The van der Waals surface area contributed by atoms with Crippen LogP contribution in [0.15, 0.2) is 0 Å². The highest BCUT2D eigenvalue weighted by Gasteiger charge is 2.35. The van der Waals surface area contributed by atoms with Gasteiger partial charge in [0.15, 0.2) is 0 Å². The third kappa shape index (κ3) is 4.83. The van der Waals surface area contributed by atoms with Gasteiger partial charge in [0.2, 0.25) is 5.91 Å². The lowest BCUT2D eigenvalue weighted by molar-refractivity contribution is -0.128. The molecular formula is C17H32N4O3. The summed E-state index contributed by atoms with van der Waals surface area (Å²) in [5.41, 5.74) is 0. The number of rotatable bonds is 5. The molecule has 138 valence electrons. The third-order valence-corrected chi connectivity index (χ3v) is 5.18. The number of carbonyl (C=O) groups is 2. The van der Waals surface area contributed by atoms with E-state index in [-0.39, 0.29) is 11.9 Å². The molecule has 0 spiro atoms. The molecule has 2 aliphatic rings. The number of urea groups is 1. The molecule has 0 N–H and O–H groups in total. The summed E-state index contributed by atoms with van der Waals surface area (Å²) < 4.78 is 5.50. The zero-order chi connectivity index (χ0) is 17.7. The molecule has 7 nitrogen and oxygen atoms in total. The van der Waals surface area contributed by atoms with Gasteiger partial charge in [-0.25, -0.2) is 4.79 Å². The van der Waals surface area contributed by atoms with E-state index in [9.17, 15) is 9.59 Å².